The smallest absolute Gasteiger partial charge is 0.139 e. The van der Waals surface area contributed by atoms with E-state index in [9.17, 15) is 0 Å². The van der Waals surface area contributed by atoms with Crippen LogP contribution < -0.4 is 10.5 Å². The zero-order chi connectivity index (χ0) is 10.8. The number of anilines is 1. The SMILES string of the molecule is COc1cnc(-c2cncn2C)c(N)c1. The number of pyridine rings is 1. The highest BCUT2D eigenvalue weighted by atomic mass is 16.5. The van der Waals surface area contributed by atoms with Gasteiger partial charge in [-0.1, -0.05) is 0 Å². The minimum absolute atomic E-state index is 0.581. The van der Waals surface area contributed by atoms with Crippen molar-refractivity contribution in [1.82, 2.24) is 14.5 Å². The second-order valence-corrected chi connectivity index (χ2v) is 3.20. The molecule has 0 aliphatic carbocycles. The lowest BCUT2D eigenvalue weighted by Gasteiger charge is -2.06. The van der Waals surface area contributed by atoms with Crippen molar-refractivity contribution in [2.45, 2.75) is 0 Å². The van der Waals surface area contributed by atoms with Gasteiger partial charge in [-0.25, -0.2) is 9.97 Å². The summed E-state index contributed by atoms with van der Waals surface area (Å²) in [5, 5.41) is 0. The van der Waals surface area contributed by atoms with Gasteiger partial charge in [-0.3, -0.25) is 0 Å². The fourth-order valence-corrected chi connectivity index (χ4v) is 1.37. The van der Waals surface area contributed by atoms with Gasteiger partial charge in [-0.15, -0.1) is 0 Å². The van der Waals surface area contributed by atoms with Crippen molar-refractivity contribution in [3.05, 3.63) is 24.8 Å². The Morgan fingerprint density at radius 1 is 1.40 bits per heavy atom. The minimum atomic E-state index is 0.581. The Hall–Kier alpha value is -2.04. The normalized spacial score (nSPS) is 10.3. The molecule has 2 heterocycles. The number of methoxy groups -OCH3 is 1. The van der Waals surface area contributed by atoms with Gasteiger partial charge in [0.1, 0.15) is 11.4 Å². The maximum atomic E-state index is 5.87. The van der Waals surface area contributed by atoms with E-state index < -0.39 is 0 Å². The summed E-state index contributed by atoms with van der Waals surface area (Å²) >= 11 is 0. The van der Waals surface area contributed by atoms with Gasteiger partial charge in [0.25, 0.3) is 0 Å². The van der Waals surface area contributed by atoms with Gasteiger partial charge >= 0.3 is 0 Å². The number of imidazole rings is 1. The van der Waals surface area contributed by atoms with E-state index in [4.69, 9.17) is 10.5 Å². The number of hydrogen-bond acceptors (Lipinski definition) is 4. The largest absolute Gasteiger partial charge is 0.495 e. The minimum Gasteiger partial charge on any atom is -0.495 e. The second kappa shape index (κ2) is 3.61. The van der Waals surface area contributed by atoms with Crippen LogP contribution >= 0.6 is 0 Å². The number of aromatic nitrogens is 3. The molecule has 2 rings (SSSR count). The topological polar surface area (TPSA) is 66.0 Å². The highest BCUT2D eigenvalue weighted by molar-refractivity contribution is 5.70. The molecular formula is C10H12N4O. The zero-order valence-electron chi connectivity index (χ0n) is 8.64. The fraction of sp³-hybridized carbons (Fsp3) is 0.200. The summed E-state index contributed by atoms with van der Waals surface area (Å²) in [6, 6.07) is 1.75. The Morgan fingerprint density at radius 2 is 2.20 bits per heavy atom. The molecule has 5 heteroatoms. The first kappa shape index (κ1) is 9.51. The second-order valence-electron chi connectivity index (χ2n) is 3.20. The van der Waals surface area contributed by atoms with Crippen LogP contribution in [-0.4, -0.2) is 21.6 Å². The van der Waals surface area contributed by atoms with Crippen LogP contribution in [0.5, 0.6) is 5.75 Å². The van der Waals surface area contributed by atoms with Crippen molar-refractivity contribution in [3.63, 3.8) is 0 Å². The summed E-state index contributed by atoms with van der Waals surface area (Å²) < 4.78 is 6.90. The van der Waals surface area contributed by atoms with Gasteiger partial charge in [0.2, 0.25) is 0 Å². The molecule has 0 bridgehead atoms. The van der Waals surface area contributed by atoms with Crippen LogP contribution in [0, 0.1) is 0 Å². The highest BCUT2D eigenvalue weighted by Gasteiger charge is 2.08. The average molecular weight is 204 g/mol. The van der Waals surface area contributed by atoms with Gasteiger partial charge in [-0.2, -0.15) is 0 Å². The van der Waals surface area contributed by atoms with Crippen LogP contribution in [0.15, 0.2) is 24.8 Å². The molecule has 0 fully saturated rings. The molecule has 0 unspecified atom stereocenters. The maximum absolute atomic E-state index is 5.87. The third-order valence-electron chi connectivity index (χ3n) is 2.19. The summed E-state index contributed by atoms with van der Waals surface area (Å²) in [4.78, 5) is 8.26. The Kier molecular flexibility index (Phi) is 2.29. The van der Waals surface area contributed by atoms with E-state index in [1.54, 1.807) is 31.9 Å². The van der Waals surface area contributed by atoms with E-state index >= 15 is 0 Å². The van der Waals surface area contributed by atoms with Crippen molar-refractivity contribution in [3.8, 4) is 17.1 Å². The standard InChI is InChI=1S/C10H12N4O/c1-14-6-12-5-9(14)10-8(11)3-7(15-2)4-13-10/h3-6H,11H2,1-2H3. The number of nitrogen functional groups attached to an aromatic ring is 1. The number of aryl methyl sites for hydroxylation is 1. The number of hydrogen-bond donors (Lipinski definition) is 1. The van der Waals surface area contributed by atoms with Crippen LogP contribution in [0.1, 0.15) is 0 Å². The molecule has 0 aromatic carbocycles. The van der Waals surface area contributed by atoms with Crippen LogP contribution in [0.3, 0.4) is 0 Å². The van der Waals surface area contributed by atoms with E-state index in [-0.39, 0.29) is 0 Å². The molecule has 0 atom stereocenters. The first-order valence-electron chi connectivity index (χ1n) is 4.48. The van der Waals surface area contributed by atoms with Gasteiger partial charge in [-0.05, 0) is 0 Å². The van der Waals surface area contributed by atoms with E-state index in [1.807, 2.05) is 11.6 Å². The van der Waals surface area contributed by atoms with Gasteiger partial charge < -0.3 is 15.0 Å². The fourth-order valence-electron chi connectivity index (χ4n) is 1.37. The predicted octanol–water partition coefficient (Wildman–Crippen LogP) is 1.07. The van der Waals surface area contributed by atoms with Crippen molar-refractivity contribution >= 4 is 5.69 Å². The van der Waals surface area contributed by atoms with Crippen LogP contribution in [0.2, 0.25) is 0 Å². The van der Waals surface area contributed by atoms with Crippen molar-refractivity contribution in [2.24, 2.45) is 7.05 Å². The average Bonchev–Trinajstić information content (AvgIpc) is 2.64. The van der Waals surface area contributed by atoms with Crippen molar-refractivity contribution < 1.29 is 4.74 Å². The zero-order valence-corrected chi connectivity index (χ0v) is 8.64. The molecule has 15 heavy (non-hydrogen) atoms. The lowest BCUT2D eigenvalue weighted by atomic mass is 10.2. The monoisotopic (exact) mass is 204 g/mol. The first-order chi connectivity index (χ1) is 7.22. The molecule has 0 aliphatic rings. The van der Waals surface area contributed by atoms with Gasteiger partial charge in [0, 0.05) is 13.1 Å². The number of nitrogens with zero attached hydrogens (tertiary/aromatic N) is 3. The highest BCUT2D eigenvalue weighted by Crippen LogP contribution is 2.25. The summed E-state index contributed by atoms with van der Waals surface area (Å²) in [7, 11) is 3.48. The third kappa shape index (κ3) is 1.63. The Balaban J connectivity index is 2.50. The lowest BCUT2D eigenvalue weighted by molar-refractivity contribution is 0.413. The number of ether oxygens (including phenoxy) is 1. The molecule has 0 saturated carbocycles. The van der Waals surface area contributed by atoms with Gasteiger partial charge in [0.05, 0.1) is 37.2 Å². The Morgan fingerprint density at radius 3 is 2.73 bits per heavy atom. The number of rotatable bonds is 2. The quantitative estimate of drug-likeness (QED) is 0.794. The lowest BCUT2D eigenvalue weighted by Crippen LogP contribution is -1.98. The van der Waals surface area contributed by atoms with Crippen molar-refractivity contribution in [1.29, 1.82) is 0 Å². The summed E-state index contributed by atoms with van der Waals surface area (Å²) in [6.45, 7) is 0. The molecule has 2 aromatic rings. The molecule has 0 radical (unpaired) electrons. The van der Waals surface area contributed by atoms with Crippen molar-refractivity contribution in [2.75, 3.05) is 12.8 Å². The number of nitrogens with two attached hydrogens (primary N) is 1. The predicted molar refractivity (Wildman–Crippen MR) is 57.4 cm³/mol. The molecule has 78 valence electrons. The molecular weight excluding hydrogens is 192 g/mol. The summed E-state index contributed by atoms with van der Waals surface area (Å²) in [5.74, 6) is 0.651. The Bertz CT molecular complexity index is 478. The first-order valence-corrected chi connectivity index (χ1v) is 4.48. The van der Waals surface area contributed by atoms with Crippen LogP contribution in [0.25, 0.3) is 11.4 Å². The summed E-state index contributed by atoms with van der Waals surface area (Å²) in [6.07, 6.45) is 5.07. The van der Waals surface area contributed by atoms with E-state index in [2.05, 4.69) is 9.97 Å². The van der Waals surface area contributed by atoms with E-state index in [1.165, 1.54) is 0 Å². The molecule has 2 aromatic heterocycles. The van der Waals surface area contributed by atoms with Gasteiger partial charge in [0.15, 0.2) is 0 Å². The molecule has 5 nitrogen and oxygen atoms in total. The van der Waals surface area contributed by atoms with Crippen LogP contribution in [0.4, 0.5) is 5.69 Å². The molecule has 2 N–H and O–H groups in total. The van der Waals surface area contributed by atoms with Crippen LogP contribution in [-0.2, 0) is 7.05 Å². The maximum Gasteiger partial charge on any atom is 0.139 e. The Labute approximate surface area is 87.5 Å². The molecule has 0 aliphatic heterocycles. The molecule has 0 spiro atoms. The summed E-state index contributed by atoms with van der Waals surface area (Å²) in [5.41, 5.74) is 8.06. The third-order valence-corrected chi connectivity index (χ3v) is 2.19. The molecule has 0 amide bonds. The molecule has 0 saturated heterocycles. The van der Waals surface area contributed by atoms with E-state index in [0.717, 1.165) is 11.4 Å². The van der Waals surface area contributed by atoms with E-state index in [0.29, 0.717) is 11.4 Å².